The maximum Gasteiger partial charge on any atom is 0.416 e. The van der Waals surface area contributed by atoms with Crippen molar-refractivity contribution in [2.24, 2.45) is 0 Å². The molecule has 8 nitrogen and oxygen atoms in total. The molecule has 1 aromatic heterocycles. The number of amides is 3. The molecule has 37 heavy (non-hydrogen) atoms. The second-order valence-electron chi connectivity index (χ2n) is 8.43. The zero-order valence-electron chi connectivity index (χ0n) is 20.1. The van der Waals surface area contributed by atoms with Crippen molar-refractivity contribution in [2.75, 3.05) is 30.4 Å². The van der Waals surface area contributed by atoms with Gasteiger partial charge < -0.3 is 25.6 Å². The number of hydrogen-bond acceptors (Lipinski definition) is 5. The fourth-order valence-corrected chi connectivity index (χ4v) is 3.93. The van der Waals surface area contributed by atoms with E-state index < -0.39 is 17.8 Å². The first-order valence-corrected chi connectivity index (χ1v) is 11.7. The summed E-state index contributed by atoms with van der Waals surface area (Å²) >= 11 is 0. The fourth-order valence-electron chi connectivity index (χ4n) is 3.93. The summed E-state index contributed by atoms with van der Waals surface area (Å²) in [4.78, 5) is 30.2. The van der Waals surface area contributed by atoms with E-state index in [-0.39, 0.29) is 23.8 Å². The molecule has 2 aromatic carbocycles. The lowest BCUT2D eigenvalue weighted by molar-refractivity contribution is -0.137. The number of alkyl halides is 3. The molecule has 3 amide bonds. The van der Waals surface area contributed by atoms with Gasteiger partial charge in [-0.05, 0) is 54.8 Å². The quantitative estimate of drug-likeness (QED) is 0.405. The van der Waals surface area contributed by atoms with E-state index >= 15 is 0 Å². The Morgan fingerprint density at radius 1 is 1.00 bits per heavy atom. The minimum atomic E-state index is -4.51. The summed E-state index contributed by atoms with van der Waals surface area (Å²) in [5.41, 5.74) is 0.842. The van der Waals surface area contributed by atoms with Crippen LogP contribution in [0.3, 0.4) is 0 Å². The summed E-state index contributed by atoms with van der Waals surface area (Å²) in [7, 11) is 1.51. The van der Waals surface area contributed by atoms with Gasteiger partial charge in [0.1, 0.15) is 17.2 Å². The number of hydrogen-bond donors (Lipinski definition) is 3. The van der Waals surface area contributed by atoms with Crippen LogP contribution in [0.2, 0.25) is 0 Å². The minimum Gasteiger partial charge on any atom is -0.457 e. The molecule has 1 aliphatic rings. The van der Waals surface area contributed by atoms with Crippen molar-refractivity contribution in [3.8, 4) is 11.5 Å². The molecule has 1 saturated heterocycles. The molecule has 1 fully saturated rings. The van der Waals surface area contributed by atoms with E-state index in [1.165, 1.54) is 25.4 Å². The van der Waals surface area contributed by atoms with E-state index in [9.17, 15) is 22.8 Å². The summed E-state index contributed by atoms with van der Waals surface area (Å²) in [6.45, 7) is 1.60. The lowest BCUT2D eigenvalue weighted by atomic mass is 10.1. The van der Waals surface area contributed by atoms with Crippen LogP contribution in [0.4, 0.5) is 29.3 Å². The Balaban J connectivity index is 1.37. The lowest BCUT2D eigenvalue weighted by Gasteiger charge is -2.23. The Hall–Kier alpha value is -4.28. The highest BCUT2D eigenvalue weighted by Crippen LogP contribution is 2.36. The highest BCUT2D eigenvalue weighted by Gasteiger charge is 2.32. The SMILES string of the molecule is CNC(=O)c1cc(Oc2ccc(CNC(=O)Nc3cc(C(F)(F)F)ccc3N3CCCC3)cc2)ccn1. The normalized spacial score (nSPS) is 13.2. The zero-order valence-corrected chi connectivity index (χ0v) is 20.1. The average Bonchev–Trinajstić information content (AvgIpc) is 3.42. The number of carbonyl (C=O) groups excluding carboxylic acids is 2. The van der Waals surface area contributed by atoms with E-state index in [0.29, 0.717) is 17.2 Å². The standard InChI is InChI=1S/C26H26F3N5O3/c1-30-24(35)22-15-20(10-11-31-22)37-19-7-4-17(5-8-19)16-32-25(36)33-21-14-18(26(27,28)29)6-9-23(21)34-12-2-3-13-34/h4-11,14-15H,2-3,12-13,16H2,1H3,(H,30,35)(H2,32,33,36). The number of anilines is 2. The first-order chi connectivity index (χ1) is 17.7. The van der Waals surface area contributed by atoms with Crippen LogP contribution in [-0.4, -0.2) is 37.1 Å². The first kappa shape index (κ1) is 25.8. The molecule has 11 heteroatoms. The average molecular weight is 514 g/mol. The zero-order chi connectivity index (χ0) is 26.4. The Morgan fingerprint density at radius 2 is 1.73 bits per heavy atom. The number of ether oxygens (including phenoxy) is 1. The van der Waals surface area contributed by atoms with Crippen LogP contribution in [0.1, 0.15) is 34.5 Å². The van der Waals surface area contributed by atoms with E-state index in [2.05, 4.69) is 20.9 Å². The van der Waals surface area contributed by atoms with Crippen molar-refractivity contribution < 1.29 is 27.5 Å². The summed E-state index contributed by atoms with van der Waals surface area (Å²) in [6, 6.07) is 12.8. The molecule has 0 atom stereocenters. The summed E-state index contributed by atoms with van der Waals surface area (Å²) in [5, 5.41) is 7.75. The Labute approximate surface area is 211 Å². The molecule has 1 aliphatic heterocycles. The van der Waals surface area contributed by atoms with Crippen LogP contribution in [0.15, 0.2) is 60.8 Å². The van der Waals surface area contributed by atoms with Gasteiger partial charge in [-0.1, -0.05) is 12.1 Å². The van der Waals surface area contributed by atoms with Crippen LogP contribution in [-0.2, 0) is 12.7 Å². The molecule has 0 radical (unpaired) electrons. The molecular formula is C26H26F3N5O3. The van der Waals surface area contributed by atoms with Crippen LogP contribution in [0, 0.1) is 0 Å². The number of nitrogens with one attached hydrogen (secondary N) is 3. The van der Waals surface area contributed by atoms with Crippen molar-refractivity contribution in [3.63, 3.8) is 0 Å². The van der Waals surface area contributed by atoms with Crippen molar-refractivity contribution >= 4 is 23.3 Å². The molecule has 2 heterocycles. The van der Waals surface area contributed by atoms with E-state index in [4.69, 9.17) is 4.74 Å². The van der Waals surface area contributed by atoms with Crippen molar-refractivity contribution in [1.82, 2.24) is 15.6 Å². The molecule has 194 valence electrons. The molecular weight excluding hydrogens is 487 g/mol. The second kappa shape index (κ2) is 11.2. The predicted octanol–water partition coefficient (Wildman–Crippen LogP) is 5.17. The molecule has 3 aromatic rings. The van der Waals surface area contributed by atoms with Gasteiger partial charge in [0, 0.05) is 38.9 Å². The number of benzene rings is 2. The van der Waals surface area contributed by atoms with Crippen LogP contribution < -0.4 is 25.6 Å². The van der Waals surface area contributed by atoms with E-state index in [1.54, 1.807) is 30.3 Å². The number of carbonyl (C=O) groups is 2. The number of pyridine rings is 1. The first-order valence-electron chi connectivity index (χ1n) is 11.7. The highest BCUT2D eigenvalue weighted by atomic mass is 19.4. The van der Waals surface area contributed by atoms with Gasteiger partial charge in [0.15, 0.2) is 0 Å². The molecule has 0 aliphatic carbocycles. The predicted molar refractivity (Wildman–Crippen MR) is 133 cm³/mol. The number of urea groups is 1. The maximum absolute atomic E-state index is 13.3. The molecule has 3 N–H and O–H groups in total. The Kier molecular flexibility index (Phi) is 7.80. The summed E-state index contributed by atoms with van der Waals surface area (Å²) in [6.07, 6.45) is -1.15. The third-order valence-electron chi connectivity index (χ3n) is 5.82. The fraction of sp³-hybridized carbons (Fsp3) is 0.269. The summed E-state index contributed by atoms with van der Waals surface area (Å²) < 4.78 is 45.5. The van der Waals surface area contributed by atoms with Crippen LogP contribution in [0.5, 0.6) is 11.5 Å². The van der Waals surface area contributed by atoms with Gasteiger partial charge in [-0.25, -0.2) is 4.79 Å². The van der Waals surface area contributed by atoms with Gasteiger partial charge in [0.2, 0.25) is 0 Å². The van der Waals surface area contributed by atoms with E-state index in [0.717, 1.165) is 43.6 Å². The van der Waals surface area contributed by atoms with Crippen molar-refractivity contribution in [3.05, 3.63) is 77.6 Å². The molecule has 0 saturated carbocycles. The Morgan fingerprint density at radius 3 is 2.41 bits per heavy atom. The van der Waals surface area contributed by atoms with Gasteiger partial charge in [0.05, 0.1) is 16.9 Å². The monoisotopic (exact) mass is 513 g/mol. The van der Waals surface area contributed by atoms with Gasteiger partial charge in [-0.15, -0.1) is 0 Å². The number of aromatic nitrogens is 1. The largest absolute Gasteiger partial charge is 0.457 e. The van der Waals surface area contributed by atoms with Crippen molar-refractivity contribution in [2.45, 2.75) is 25.6 Å². The third-order valence-corrected chi connectivity index (χ3v) is 5.82. The van der Waals surface area contributed by atoms with Gasteiger partial charge in [-0.2, -0.15) is 13.2 Å². The number of nitrogens with zero attached hydrogens (tertiary/aromatic N) is 2. The van der Waals surface area contributed by atoms with Gasteiger partial charge in [-0.3, -0.25) is 9.78 Å². The number of rotatable bonds is 7. The molecule has 4 rings (SSSR count). The van der Waals surface area contributed by atoms with Gasteiger partial charge in [0.25, 0.3) is 5.91 Å². The lowest BCUT2D eigenvalue weighted by Crippen LogP contribution is -2.29. The maximum atomic E-state index is 13.3. The topological polar surface area (TPSA) is 95.6 Å². The molecule has 0 bridgehead atoms. The third kappa shape index (κ3) is 6.69. The van der Waals surface area contributed by atoms with Crippen LogP contribution >= 0.6 is 0 Å². The van der Waals surface area contributed by atoms with Crippen LogP contribution in [0.25, 0.3) is 0 Å². The van der Waals surface area contributed by atoms with Crippen molar-refractivity contribution in [1.29, 1.82) is 0 Å². The molecule has 0 unspecified atom stereocenters. The molecule has 0 spiro atoms. The summed E-state index contributed by atoms with van der Waals surface area (Å²) in [5.74, 6) is 0.623. The number of halogens is 3. The Bertz CT molecular complexity index is 1260. The van der Waals surface area contributed by atoms with E-state index in [1.807, 2.05) is 4.90 Å². The van der Waals surface area contributed by atoms with Gasteiger partial charge >= 0.3 is 12.2 Å². The highest BCUT2D eigenvalue weighted by molar-refractivity contribution is 5.93. The smallest absolute Gasteiger partial charge is 0.416 e. The minimum absolute atomic E-state index is 0.117. The second-order valence-corrected chi connectivity index (χ2v) is 8.43.